The number of carbonyl (C=O) groups excluding carboxylic acids is 2. The number of methoxy groups -OCH3 is 1. The van der Waals surface area contributed by atoms with Crippen molar-refractivity contribution < 1.29 is 19.1 Å². The van der Waals surface area contributed by atoms with Crippen molar-refractivity contribution in [1.29, 1.82) is 0 Å². The van der Waals surface area contributed by atoms with Gasteiger partial charge in [-0.05, 0) is 30.3 Å². The Bertz CT molecular complexity index is 714. The van der Waals surface area contributed by atoms with E-state index in [-0.39, 0.29) is 12.4 Å². The van der Waals surface area contributed by atoms with Crippen LogP contribution >= 0.6 is 23.2 Å². The first kappa shape index (κ1) is 17.1. The number of halogens is 2. The van der Waals surface area contributed by atoms with Crippen LogP contribution in [0.2, 0.25) is 10.0 Å². The molecule has 0 fully saturated rings. The Labute approximate surface area is 143 Å². The van der Waals surface area contributed by atoms with Gasteiger partial charge in [0, 0.05) is 15.7 Å². The zero-order valence-electron chi connectivity index (χ0n) is 12.1. The molecule has 0 bridgehead atoms. The van der Waals surface area contributed by atoms with Gasteiger partial charge in [-0.15, -0.1) is 0 Å². The van der Waals surface area contributed by atoms with Gasteiger partial charge >= 0.3 is 0 Å². The first-order chi connectivity index (χ1) is 11.0. The van der Waals surface area contributed by atoms with E-state index >= 15 is 0 Å². The monoisotopic (exact) mass is 353 g/mol. The number of rotatable bonds is 6. The first-order valence-electron chi connectivity index (χ1n) is 6.54. The molecule has 7 heteroatoms. The van der Waals surface area contributed by atoms with Gasteiger partial charge in [0.25, 0.3) is 5.91 Å². The molecule has 0 saturated heterocycles. The highest BCUT2D eigenvalue weighted by Crippen LogP contribution is 2.30. The Morgan fingerprint density at radius 2 is 1.91 bits per heavy atom. The van der Waals surface area contributed by atoms with E-state index in [0.29, 0.717) is 33.3 Å². The molecule has 0 aliphatic carbocycles. The smallest absolute Gasteiger partial charge is 0.262 e. The fourth-order valence-electron chi connectivity index (χ4n) is 1.90. The van der Waals surface area contributed by atoms with E-state index < -0.39 is 5.91 Å². The molecule has 2 aromatic carbocycles. The molecule has 0 radical (unpaired) electrons. The molecule has 0 heterocycles. The maximum absolute atomic E-state index is 12.0. The molecule has 0 unspecified atom stereocenters. The predicted molar refractivity (Wildman–Crippen MR) is 89.0 cm³/mol. The lowest BCUT2D eigenvalue weighted by Gasteiger charge is -2.12. The van der Waals surface area contributed by atoms with Crippen LogP contribution < -0.4 is 14.8 Å². The molecule has 1 amide bonds. The number of aldehydes is 1. The van der Waals surface area contributed by atoms with Gasteiger partial charge in [0.05, 0.1) is 12.7 Å². The molecule has 1 N–H and O–H groups in total. The number of amides is 1. The maximum atomic E-state index is 12.0. The minimum Gasteiger partial charge on any atom is -0.493 e. The van der Waals surface area contributed by atoms with Crippen molar-refractivity contribution in [3.63, 3.8) is 0 Å². The predicted octanol–water partition coefficient (Wildman–Crippen LogP) is 3.83. The van der Waals surface area contributed by atoms with E-state index in [1.165, 1.54) is 7.11 Å². The molecule has 0 spiro atoms. The van der Waals surface area contributed by atoms with Crippen molar-refractivity contribution in [1.82, 2.24) is 0 Å². The van der Waals surface area contributed by atoms with E-state index in [1.807, 2.05) is 0 Å². The van der Waals surface area contributed by atoms with Crippen LogP contribution in [-0.4, -0.2) is 25.9 Å². The van der Waals surface area contributed by atoms with Crippen molar-refractivity contribution in [2.75, 3.05) is 19.0 Å². The van der Waals surface area contributed by atoms with Crippen molar-refractivity contribution in [3.8, 4) is 11.5 Å². The Morgan fingerprint density at radius 3 is 2.52 bits per heavy atom. The molecule has 120 valence electrons. The average molecular weight is 354 g/mol. The summed E-state index contributed by atoms with van der Waals surface area (Å²) in [5.41, 5.74) is 0.745. The second kappa shape index (κ2) is 7.85. The summed E-state index contributed by atoms with van der Waals surface area (Å²) in [5, 5.41) is 3.42. The van der Waals surface area contributed by atoms with Gasteiger partial charge < -0.3 is 14.8 Å². The van der Waals surface area contributed by atoms with Crippen LogP contribution in [0.15, 0.2) is 36.4 Å². The van der Waals surface area contributed by atoms with Gasteiger partial charge in [0.1, 0.15) is 0 Å². The number of hydrogen-bond acceptors (Lipinski definition) is 4. The van der Waals surface area contributed by atoms with Crippen LogP contribution in [0.25, 0.3) is 0 Å². The summed E-state index contributed by atoms with van der Waals surface area (Å²) in [4.78, 5) is 23.0. The summed E-state index contributed by atoms with van der Waals surface area (Å²) in [6, 6.07) is 9.54. The molecule has 2 rings (SSSR count). The lowest BCUT2D eigenvalue weighted by Crippen LogP contribution is -2.20. The van der Waals surface area contributed by atoms with Crippen molar-refractivity contribution in [3.05, 3.63) is 52.0 Å². The van der Waals surface area contributed by atoms with E-state index in [4.69, 9.17) is 32.7 Å². The normalized spacial score (nSPS) is 10.0. The summed E-state index contributed by atoms with van der Waals surface area (Å²) < 4.78 is 10.5. The van der Waals surface area contributed by atoms with Crippen LogP contribution in [0.1, 0.15) is 10.4 Å². The van der Waals surface area contributed by atoms with Crippen LogP contribution in [0.4, 0.5) is 5.69 Å². The summed E-state index contributed by atoms with van der Waals surface area (Å²) >= 11 is 11.7. The van der Waals surface area contributed by atoms with Crippen LogP contribution in [0.3, 0.4) is 0 Å². The second-order valence-corrected chi connectivity index (χ2v) is 5.36. The molecular weight excluding hydrogens is 341 g/mol. The minimum absolute atomic E-state index is 0.212. The van der Waals surface area contributed by atoms with Gasteiger partial charge in [-0.3, -0.25) is 9.59 Å². The SMILES string of the molecule is COc1cccc(C=O)c1OCC(=O)Nc1cc(Cl)cc(Cl)c1. The maximum Gasteiger partial charge on any atom is 0.262 e. The third-order valence-corrected chi connectivity index (χ3v) is 3.29. The highest BCUT2D eigenvalue weighted by Gasteiger charge is 2.12. The largest absolute Gasteiger partial charge is 0.493 e. The van der Waals surface area contributed by atoms with E-state index in [2.05, 4.69) is 5.32 Å². The fourth-order valence-corrected chi connectivity index (χ4v) is 2.43. The first-order valence-corrected chi connectivity index (χ1v) is 7.30. The number of para-hydroxylation sites is 1. The topological polar surface area (TPSA) is 64.6 Å². The Kier molecular flexibility index (Phi) is 5.84. The van der Waals surface area contributed by atoms with E-state index in [1.54, 1.807) is 36.4 Å². The van der Waals surface area contributed by atoms with Crippen molar-refractivity contribution in [2.24, 2.45) is 0 Å². The number of nitrogens with one attached hydrogen (secondary N) is 1. The number of hydrogen-bond donors (Lipinski definition) is 1. The summed E-state index contributed by atoms with van der Waals surface area (Å²) in [7, 11) is 1.45. The number of benzene rings is 2. The average Bonchev–Trinajstić information content (AvgIpc) is 2.51. The Balaban J connectivity index is 2.06. The van der Waals surface area contributed by atoms with Gasteiger partial charge in [0.2, 0.25) is 0 Å². The third kappa shape index (κ3) is 4.61. The molecule has 0 saturated carbocycles. The summed E-state index contributed by atoms with van der Waals surface area (Å²) in [6.07, 6.45) is 0.631. The Hall–Kier alpha value is -2.24. The van der Waals surface area contributed by atoms with Crippen molar-refractivity contribution in [2.45, 2.75) is 0 Å². The van der Waals surface area contributed by atoms with Crippen LogP contribution in [0.5, 0.6) is 11.5 Å². The van der Waals surface area contributed by atoms with Crippen LogP contribution in [-0.2, 0) is 4.79 Å². The molecule has 0 atom stereocenters. The van der Waals surface area contributed by atoms with Gasteiger partial charge in [0.15, 0.2) is 24.4 Å². The standard InChI is InChI=1S/C16H13Cl2NO4/c1-22-14-4-2-3-10(8-20)16(14)23-9-15(21)19-13-6-11(17)5-12(18)7-13/h2-8H,9H2,1H3,(H,19,21). The minimum atomic E-state index is -0.425. The zero-order chi connectivity index (χ0) is 16.8. The number of ether oxygens (including phenoxy) is 2. The van der Waals surface area contributed by atoms with Gasteiger partial charge in [-0.2, -0.15) is 0 Å². The fraction of sp³-hybridized carbons (Fsp3) is 0.125. The summed E-state index contributed by atoms with van der Waals surface area (Å²) in [5.74, 6) is 0.156. The van der Waals surface area contributed by atoms with Crippen molar-refractivity contribution >= 4 is 41.1 Å². The lowest BCUT2D eigenvalue weighted by molar-refractivity contribution is -0.118. The van der Waals surface area contributed by atoms with E-state index in [0.717, 1.165) is 0 Å². The zero-order valence-corrected chi connectivity index (χ0v) is 13.6. The molecule has 23 heavy (non-hydrogen) atoms. The molecule has 0 aromatic heterocycles. The quantitative estimate of drug-likeness (QED) is 0.801. The second-order valence-electron chi connectivity index (χ2n) is 4.49. The van der Waals surface area contributed by atoms with Gasteiger partial charge in [-0.1, -0.05) is 29.3 Å². The number of anilines is 1. The molecule has 0 aliphatic heterocycles. The highest BCUT2D eigenvalue weighted by atomic mass is 35.5. The summed E-state index contributed by atoms with van der Waals surface area (Å²) in [6.45, 7) is -0.300. The molecule has 0 aliphatic rings. The molecule has 2 aromatic rings. The molecule has 5 nitrogen and oxygen atoms in total. The van der Waals surface area contributed by atoms with Crippen LogP contribution in [0, 0.1) is 0 Å². The third-order valence-electron chi connectivity index (χ3n) is 2.85. The Morgan fingerprint density at radius 1 is 1.22 bits per heavy atom. The van der Waals surface area contributed by atoms with Gasteiger partial charge in [-0.25, -0.2) is 0 Å². The molecular formula is C16H13Cl2NO4. The van der Waals surface area contributed by atoms with E-state index in [9.17, 15) is 9.59 Å². The number of carbonyl (C=O) groups is 2. The lowest BCUT2D eigenvalue weighted by atomic mass is 10.2. The highest BCUT2D eigenvalue weighted by molar-refractivity contribution is 6.35.